The number of para-hydroxylation sites is 1. The summed E-state index contributed by atoms with van der Waals surface area (Å²) in [6.07, 6.45) is 4.49. The van der Waals surface area contributed by atoms with E-state index in [4.69, 9.17) is 10.5 Å². The molecule has 2 aromatic carbocycles. The molecule has 6 rings (SSSR count). The van der Waals surface area contributed by atoms with Gasteiger partial charge in [-0.25, -0.2) is 15.0 Å². The van der Waals surface area contributed by atoms with Crippen LogP contribution in [0, 0.1) is 12.8 Å². The van der Waals surface area contributed by atoms with Crippen LogP contribution in [0.25, 0.3) is 10.9 Å². The highest BCUT2D eigenvalue weighted by molar-refractivity contribution is 5.92. The lowest BCUT2D eigenvalue weighted by molar-refractivity contribution is 0.479. The lowest BCUT2D eigenvalue weighted by Gasteiger charge is -2.21. The fraction of sp³-hybridized carbons (Fsp3) is 0.240. The van der Waals surface area contributed by atoms with Crippen molar-refractivity contribution in [1.82, 2.24) is 15.0 Å². The minimum atomic E-state index is -0.0218. The van der Waals surface area contributed by atoms with Crippen molar-refractivity contribution in [2.75, 3.05) is 23.3 Å². The van der Waals surface area contributed by atoms with Gasteiger partial charge < -0.3 is 20.7 Å². The van der Waals surface area contributed by atoms with Gasteiger partial charge >= 0.3 is 0 Å². The number of pyridine rings is 1. The molecule has 1 aliphatic heterocycles. The molecular formula is C25H24N6O. The number of aryl methyl sites for hydroxylation is 1. The number of rotatable bonds is 5. The van der Waals surface area contributed by atoms with Crippen molar-refractivity contribution >= 4 is 28.2 Å². The maximum Gasteiger partial charge on any atom is 0.141 e. The van der Waals surface area contributed by atoms with Gasteiger partial charge in [-0.1, -0.05) is 18.2 Å². The molecule has 160 valence electrons. The average Bonchev–Trinajstić information content (AvgIpc) is 3.32. The molecule has 4 aromatic rings. The van der Waals surface area contributed by atoms with Crippen LogP contribution >= 0.6 is 0 Å². The first-order chi connectivity index (χ1) is 15.6. The summed E-state index contributed by atoms with van der Waals surface area (Å²) in [5.74, 6) is 3.90. The normalized spacial score (nSPS) is 21.4. The first-order valence-corrected chi connectivity index (χ1v) is 10.8. The molecule has 3 heterocycles. The SMILES string of the molecule is Cc1cc(Nc2ncnc3cnc(N4CC5CC5(N)C4)cc23)ccc1Oc1ccccc1. The van der Waals surface area contributed by atoms with Crippen molar-refractivity contribution in [2.45, 2.75) is 18.9 Å². The lowest BCUT2D eigenvalue weighted by atomic mass is 10.2. The van der Waals surface area contributed by atoms with Gasteiger partial charge in [0.1, 0.15) is 29.5 Å². The summed E-state index contributed by atoms with van der Waals surface area (Å²) in [7, 11) is 0. The summed E-state index contributed by atoms with van der Waals surface area (Å²) in [5.41, 5.74) is 9.13. The molecule has 0 amide bonds. The van der Waals surface area contributed by atoms with Crippen LogP contribution in [-0.4, -0.2) is 33.6 Å². The standard InChI is InChI=1S/C25H24N6O/c1-16-9-18(7-8-22(16)32-19-5-3-2-4-6-19)30-24-20-10-23(27-12-21(20)28-15-29-24)31-13-17-11-25(17,26)14-31/h2-10,12,15,17H,11,13-14,26H2,1H3,(H,28,29,30). The van der Waals surface area contributed by atoms with Crippen LogP contribution in [0.5, 0.6) is 11.5 Å². The Labute approximate surface area is 186 Å². The van der Waals surface area contributed by atoms with Crippen LogP contribution in [-0.2, 0) is 0 Å². The van der Waals surface area contributed by atoms with Gasteiger partial charge in [-0.2, -0.15) is 0 Å². The van der Waals surface area contributed by atoms with Crippen molar-refractivity contribution in [3.05, 3.63) is 72.7 Å². The summed E-state index contributed by atoms with van der Waals surface area (Å²) in [5, 5.41) is 4.38. The van der Waals surface area contributed by atoms with E-state index in [1.807, 2.05) is 55.6 Å². The van der Waals surface area contributed by atoms with Crippen LogP contribution in [0.3, 0.4) is 0 Å². The summed E-state index contributed by atoms with van der Waals surface area (Å²) < 4.78 is 6.00. The van der Waals surface area contributed by atoms with Gasteiger partial charge in [0.15, 0.2) is 0 Å². The van der Waals surface area contributed by atoms with Crippen LogP contribution in [0.1, 0.15) is 12.0 Å². The van der Waals surface area contributed by atoms with E-state index in [1.54, 1.807) is 6.33 Å². The zero-order chi connectivity index (χ0) is 21.7. The van der Waals surface area contributed by atoms with Gasteiger partial charge in [-0.3, -0.25) is 0 Å². The molecule has 2 aliphatic rings. The first kappa shape index (κ1) is 19.0. The van der Waals surface area contributed by atoms with Crippen molar-refractivity contribution in [3.8, 4) is 11.5 Å². The molecule has 1 saturated heterocycles. The number of nitrogens with two attached hydrogens (primary N) is 1. The number of piperidine rings is 1. The second-order valence-electron chi connectivity index (χ2n) is 8.82. The number of anilines is 3. The molecule has 7 nitrogen and oxygen atoms in total. The van der Waals surface area contributed by atoms with E-state index in [2.05, 4.69) is 37.3 Å². The molecule has 2 atom stereocenters. The van der Waals surface area contributed by atoms with Crippen molar-refractivity contribution < 1.29 is 4.74 Å². The molecule has 1 aliphatic carbocycles. The van der Waals surface area contributed by atoms with Crippen LogP contribution < -0.4 is 20.7 Å². The van der Waals surface area contributed by atoms with Gasteiger partial charge in [-0.15, -0.1) is 0 Å². The highest BCUT2D eigenvalue weighted by Gasteiger charge is 2.57. The Hall–Kier alpha value is -3.71. The van der Waals surface area contributed by atoms with E-state index < -0.39 is 0 Å². The zero-order valence-electron chi connectivity index (χ0n) is 17.8. The third-order valence-electron chi connectivity index (χ3n) is 6.45. The van der Waals surface area contributed by atoms with E-state index in [1.165, 1.54) is 0 Å². The summed E-state index contributed by atoms with van der Waals surface area (Å²) in [4.78, 5) is 15.8. The molecule has 3 N–H and O–H groups in total. The molecule has 0 spiro atoms. The van der Waals surface area contributed by atoms with Crippen molar-refractivity contribution in [1.29, 1.82) is 0 Å². The second kappa shape index (κ2) is 7.17. The number of benzene rings is 2. The third kappa shape index (κ3) is 3.40. The Balaban J connectivity index is 1.27. The molecule has 1 saturated carbocycles. The van der Waals surface area contributed by atoms with Crippen LogP contribution in [0.2, 0.25) is 0 Å². The van der Waals surface area contributed by atoms with E-state index in [9.17, 15) is 0 Å². The molecule has 0 radical (unpaired) electrons. The van der Waals surface area contributed by atoms with Crippen molar-refractivity contribution in [3.63, 3.8) is 0 Å². The van der Waals surface area contributed by atoms with Crippen molar-refractivity contribution in [2.24, 2.45) is 11.7 Å². The zero-order valence-corrected chi connectivity index (χ0v) is 17.8. The van der Waals surface area contributed by atoms with Crippen LogP contribution in [0.15, 0.2) is 67.1 Å². The largest absolute Gasteiger partial charge is 0.457 e. The Morgan fingerprint density at radius 2 is 1.97 bits per heavy atom. The van der Waals surface area contributed by atoms with Gasteiger partial charge in [0.05, 0.1) is 11.7 Å². The van der Waals surface area contributed by atoms with Gasteiger partial charge in [0.25, 0.3) is 0 Å². The Morgan fingerprint density at radius 3 is 2.75 bits per heavy atom. The summed E-state index contributed by atoms with van der Waals surface area (Å²) in [6.45, 7) is 3.85. The molecule has 2 aromatic heterocycles. The van der Waals surface area contributed by atoms with Gasteiger partial charge in [-0.05, 0) is 61.2 Å². The molecule has 2 unspecified atom stereocenters. The number of hydrogen-bond acceptors (Lipinski definition) is 7. The summed E-state index contributed by atoms with van der Waals surface area (Å²) >= 11 is 0. The van der Waals surface area contributed by atoms with Gasteiger partial charge in [0.2, 0.25) is 0 Å². The lowest BCUT2D eigenvalue weighted by Crippen LogP contribution is -2.33. The fourth-order valence-corrected chi connectivity index (χ4v) is 4.51. The number of nitrogens with one attached hydrogen (secondary N) is 1. The second-order valence-corrected chi connectivity index (χ2v) is 8.82. The molecule has 2 fully saturated rings. The van der Waals surface area contributed by atoms with E-state index >= 15 is 0 Å². The monoisotopic (exact) mass is 424 g/mol. The minimum Gasteiger partial charge on any atom is -0.457 e. The number of fused-ring (bicyclic) bond motifs is 2. The number of nitrogens with zero attached hydrogens (tertiary/aromatic N) is 4. The Kier molecular flexibility index (Phi) is 4.26. The number of ether oxygens (including phenoxy) is 1. The molecule has 0 bridgehead atoms. The molecule has 32 heavy (non-hydrogen) atoms. The smallest absolute Gasteiger partial charge is 0.141 e. The highest BCUT2D eigenvalue weighted by atomic mass is 16.5. The Morgan fingerprint density at radius 1 is 1.09 bits per heavy atom. The maximum atomic E-state index is 6.38. The number of aromatic nitrogens is 3. The van der Waals surface area contributed by atoms with Crippen LogP contribution in [0.4, 0.5) is 17.3 Å². The average molecular weight is 425 g/mol. The topological polar surface area (TPSA) is 89.2 Å². The molecule has 7 heteroatoms. The predicted molar refractivity (Wildman–Crippen MR) is 126 cm³/mol. The summed E-state index contributed by atoms with van der Waals surface area (Å²) in [6, 6.07) is 17.9. The van der Waals surface area contributed by atoms with E-state index in [-0.39, 0.29) is 5.54 Å². The fourth-order valence-electron chi connectivity index (χ4n) is 4.51. The van der Waals surface area contributed by atoms with E-state index in [0.717, 1.165) is 64.8 Å². The van der Waals surface area contributed by atoms with Gasteiger partial charge in [0, 0.05) is 29.7 Å². The third-order valence-corrected chi connectivity index (χ3v) is 6.45. The predicted octanol–water partition coefficient (Wildman–Crippen LogP) is 4.41. The first-order valence-electron chi connectivity index (χ1n) is 10.8. The highest BCUT2D eigenvalue weighted by Crippen LogP contribution is 2.48. The molecular weight excluding hydrogens is 400 g/mol. The van der Waals surface area contributed by atoms with E-state index in [0.29, 0.717) is 5.92 Å². The maximum absolute atomic E-state index is 6.38. The minimum absolute atomic E-state index is 0.0218. The Bertz CT molecular complexity index is 1310. The quantitative estimate of drug-likeness (QED) is 0.491. The number of hydrogen-bond donors (Lipinski definition) is 2.